The SMILES string of the molecule is CCCCCNC(=O)C1N([C@@H](CO)[C@@H](C)CC)C(=O)[C@@H]2[C@@H](C(=O)NCCC)[C@@]3(C)CCC12S3. The smallest absolute Gasteiger partial charge is 0.244 e. The number of unbranched alkanes of at least 4 members (excludes halogenated alkanes) is 2. The number of aliphatic hydroxyl groups is 1. The minimum Gasteiger partial charge on any atom is -0.394 e. The van der Waals surface area contributed by atoms with Crippen LogP contribution in [0.2, 0.25) is 0 Å². The van der Waals surface area contributed by atoms with Crippen molar-refractivity contribution in [2.24, 2.45) is 17.8 Å². The zero-order valence-corrected chi connectivity index (χ0v) is 21.8. The van der Waals surface area contributed by atoms with Gasteiger partial charge < -0.3 is 20.6 Å². The maximum atomic E-state index is 14.1. The third-order valence-corrected chi connectivity index (χ3v) is 10.2. The van der Waals surface area contributed by atoms with Crippen LogP contribution in [0.15, 0.2) is 0 Å². The fourth-order valence-corrected chi connectivity index (χ4v) is 8.62. The predicted molar refractivity (Wildman–Crippen MR) is 132 cm³/mol. The topological polar surface area (TPSA) is 98.7 Å². The van der Waals surface area contributed by atoms with E-state index >= 15 is 0 Å². The molecular formula is C25H43N3O4S. The molecule has 0 aromatic carbocycles. The molecule has 3 fully saturated rings. The van der Waals surface area contributed by atoms with Gasteiger partial charge in [0.15, 0.2) is 0 Å². The molecule has 188 valence electrons. The third kappa shape index (κ3) is 4.42. The second-order valence-electron chi connectivity index (χ2n) is 10.4. The zero-order chi connectivity index (χ0) is 24.4. The fraction of sp³-hybridized carbons (Fsp3) is 0.880. The van der Waals surface area contributed by atoms with Gasteiger partial charge in [0, 0.05) is 17.8 Å². The largest absolute Gasteiger partial charge is 0.394 e. The summed E-state index contributed by atoms with van der Waals surface area (Å²) in [5.41, 5.74) is 0. The van der Waals surface area contributed by atoms with E-state index in [0.29, 0.717) is 13.1 Å². The van der Waals surface area contributed by atoms with Crippen LogP contribution >= 0.6 is 11.8 Å². The molecule has 3 N–H and O–H groups in total. The first-order chi connectivity index (χ1) is 15.7. The van der Waals surface area contributed by atoms with Gasteiger partial charge in [-0.1, -0.05) is 47.0 Å². The van der Waals surface area contributed by atoms with E-state index in [-0.39, 0.29) is 35.0 Å². The van der Waals surface area contributed by atoms with Crippen molar-refractivity contribution in [3.63, 3.8) is 0 Å². The number of nitrogens with one attached hydrogen (secondary N) is 2. The number of likely N-dealkylation sites (tertiary alicyclic amines) is 1. The van der Waals surface area contributed by atoms with Crippen molar-refractivity contribution in [2.75, 3.05) is 19.7 Å². The average molecular weight is 482 g/mol. The van der Waals surface area contributed by atoms with Crippen molar-refractivity contribution in [1.82, 2.24) is 15.5 Å². The molecule has 3 amide bonds. The van der Waals surface area contributed by atoms with Crippen molar-refractivity contribution in [3.05, 3.63) is 0 Å². The van der Waals surface area contributed by atoms with E-state index in [2.05, 4.69) is 24.5 Å². The van der Waals surface area contributed by atoms with E-state index in [9.17, 15) is 19.5 Å². The van der Waals surface area contributed by atoms with Crippen LogP contribution in [0, 0.1) is 17.8 Å². The molecule has 3 rings (SSSR count). The van der Waals surface area contributed by atoms with Crippen LogP contribution in [-0.2, 0) is 14.4 Å². The van der Waals surface area contributed by atoms with Gasteiger partial charge in [-0.25, -0.2) is 0 Å². The number of thioether (sulfide) groups is 1. The molecule has 2 bridgehead atoms. The highest BCUT2D eigenvalue weighted by molar-refractivity contribution is 8.02. The van der Waals surface area contributed by atoms with E-state index in [4.69, 9.17) is 0 Å². The summed E-state index contributed by atoms with van der Waals surface area (Å²) in [6.45, 7) is 11.3. The molecule has 0 aromatic heterocycles. The lowest BCUT2D eigenvalue weighted by Gasteiger charge is -2.39. The Bertz CT molecular complexity index is 749. The molecule has 2 unspecified atom stereocenters. The van der Waals surface area contributed by atoms with Crippen molar-refractivity contribution in [3.8, 4) is 0 Å². The monoisotopic (exact) mass is 481 g/mol. The molecule has 3 saturated heterocycles. The Balaban J connectivity index is 2.00. The molecule has 7 atom stereocenters. The summed E-state index contributed by atoms with van der Waals surface area (Å²) < 4.78 is -0.966. The van der Waals surface area contributed by atoms with Crippen LogP contribution in [0.3, 0.4) is 0 Å². The number of hydrogen-bond acceptors (Lipinski definition) is 5. The normalized spacial score (nSPS) is 34.3. The minimum atomic E-state index is -0.654. The van der Waals surface area contributed by atoms with Gasteiger partial charge in [-0.2, -0.15) is 0 Å². The molecule has 8 heteroatoms. The summed E-state index contributed by atoms with van der Waals surface area (Å²) in [6.07, 6.45) is 6.20. The summed E-state index contributed by atoms with van der Waals surface area (Å²) in [5, 5.41) is 16.4. The summed E-state index contributed by atoms with van der Waals surface area (Å²) in [6, 6.07) is -1.08. The first-order valence-electron chi connectivity index (χ1n) is 12.9. The van der Waals surface area contributed by atoms with Gasteiger partial charge in [0.25, 0.3) is 0 Å². The van der Waals surface area contributed by atoms with Crippen molar-refractivity contribution in [2.45, 2.75) is 101 Å². The first-order valence-corrected chi connectivity index (χ1v) is 13.7. The van der Waals surface area contributed by atoms with Gasteiger partial charge in [-0.3, -0.25) is 14.4 Å². The quantitative estimate of drug-likeness (QED) is 0.372. The van der Waals surface area contributed by atoms with Crippen molar-refractivity contribution in [1.29, 1.82) is 0 Å². The lowest BCUT2D eigenvalue weighted by Crippen LogP contribution is -2.57. The van der Waals surface area contributed by atoms with Crippen LogP contribution in [0.1, 0.15) is 79.6 Å². The second-order valence-corrected chi connectivity index (χ2v) is 12.3. The van der Waals surface area contributed by atoms with Crippen LogP contribution in [0.25, 0.3) is 0 Å². The third-order valence-electron chi connectivity index (χ3n) is 8.22. The van der Waals surface area contributed by atoms with E-state index in [1.165, 1.54) is 0 Å². The zero-order valence-electron chi connectivity index (χ0n) is 21.0. The van der Waals surface area contributed by atoms with E-state index in [1.54, 1.807) is 16.7 Å². The lowest BCUT2D eigenvalue weighted by molar-refractivity contribution is -0.144. The van der Waals surface area contributed by atoms with Crippen LogP contribution < -0.4 is 10.6 Å². The van der Waals surface area contributed by atoms with Crippen LogP contribution in [0.4, 0.5) is 0 Å². The molecule has 3 heterocycles. The highest BCUT2D eigenvalue weighted by atomic mass is 32.2. The molecule has 0 saturated carbocycles. The molecule has 0 aromatic rings. The number of rotatable bonds is 12. The predicted octanol–water partition coefficient (Wildman–Crippen LogP) is 2.71. The maximum absolute atomic E-state index is 14.1. The van der Waals surface area contributed by atoms with Gasteiger partial charge in [-0.15, -0.1) is 11.8 Å². The molecule has 0 radical (unpaired) electrons. The highest BCUT2D eigenvalue weighted by Crippen LogP contribution is 2.71. The number of carbonyl (C=O) groups is 3. The van der Waals surface area contributed by atoms with Crippen molar-refractivity contribution >= 4 is 29.5 Å². The average Bonchev–Trinajstić information content (AvgIpc) is 3.36. The van der Waals surface area contributed by atoms with Gasteiger partial charge in [0.05, 0.1) is 29.2 Å². The second kappa shape index (κ2) is 10.5. The van der Waals surface area contributed by atoms with Gasteiger partial charge >= 0.3 is 0 Å². The molecule has 3 aliphatic heterocycles. The number of nitrogens with zero attached hydrogens (tertiary/aromatic N) is 1. The van der Waals surface area contributed by atoms with E-state index < -0.39 is 28.7 Å². The number of aliphatic hydroxyl groups excluding tert-OH is 1. The van der Waals surface area contributed by atoms with Crippen LogP contribution in [-0.4, -0.2) is 69.0 Å². The minimum absolute atomic E-state index is 0.0507. The Morgan fingerprint density at radius 3 is 2.42 bits per heavy atom. The summed E-state index contributed by atoms with van der Waals surface area (Å²) in [4.78, 5) is 42.7. The van der Waals surface area contributed by atoms with E-state index in [1.807, 2.05) is 20.8 Å². The van der Waals surface area contributed by atoms with Gasteiger partial charge in [0.2, 0.25) is 17.7 Å². The molecule has 3 aliphatic rings. The van der Waals surface area contributed by atoms with E-state index in [0.717, 1.165) is 44.9 Å². The maximum Gasteiger partial charge on any atom is 0.244 e. The lowest BCUT2D eigenvalue weighted by atomic mass is 9.66. The Hall–Kier alpha value is -1.28. The Labute approximate surface area is 203 Å². The summed E-state index contributed by atoms with van der Waals surface area (Å²) >= 11 is 1.69. The molecule has 1 spiro atoms. The number of carbonyl (C=O) groups excluding carboxylic acids is 3. The first kappa shape index (κ1) is 26.3. The number of amides is 3. The fourth-order valence-electron chi connectivity index (χ4n) is 6.28. The number of hydrogen-bond donors (Lipinski definition) is 3. The molecular weight excluding hydrogens is 438 g/mol. The molecule has 0 aliphatic carbocycles. The highest BCUT2D eigenvalue weighted by Gasteiger charge is 2.77. The Morgan fingerprint density at radius 2 is 1.82 bits per heavy atom. The Kier molecular flexibility index (Phi) is 8.41. The standard InChI is InChI=1S/C25H43N3O4S/c1-6-9-10-14-27-22(31)20-25-12-11-24(5,33-25)18(21(30)26-13-7-2)19(25)23(32)28(20)17(15-29)16(4)8-3/h16-20,29H,6-15H2,1-5H3,(H,26,30)(H,27,31)/t16-,17-,18-,19-,20?,24+,25?/m0/s1. The Morgan fingerprint density at radius 1 is 1.12 bits per heavy atom. The summed E-state index contributed by atoms with van der Waals surface area (Å²) in [7, 11) is 0. The van der Waals surface area contributed by atoms with Gasteiger partial charge in [-0.05, 0) is 38.5 Å². The molecule has 7 nitrogen and oxygen atoms in total. The molecule has 33 heavy (non-hydrogen) atoms. The number of fused-ring (bicyclic) bond motifs is 1. The van der Waals surface area contributed by atoms with Crippen LogP contribution in [0.5, 0.6) is 0 Å². The van der Waals surface area contributed by atoms with Crippen molar-refractivity contribution < 1.29 is 19.5 Å². The van der Waals surface area contributed by atoms with Gasteiger partial charge in [0.1, 0.15) is 6.04 Å². The summed E-state index contributed by atoms with van der Waals surface area (Å²) in [5.74, 6) is -1.25.